The van der Waals surface area contributed by atoms with Crippen LogP contribution in [-0.4, -0.2) is 16.3 Å². The second-order valence-electron chi connectivity index (χ2n) is 3.22. The van der Waals surface area contributed by atoms with Gasteiger partial charge in [0.25, 0.3) is 0 Å². The van der Waals surface area contributed by atoms with Gasteiger partial charge in [-0.05, 0) is 11.6 Å². The molecular weight excluding hydrogens is 242 g/mol. The maximum absolute atomic E-state index is 13.1. The van der Waals surface area contributed by atoms with Gasteiger partial charge in [-0.2, -0.15) is 18.4 Å². The van der Waals surface area contributed by atoms with Crippen LogP contribution in [0.3, 0.4) is 0 Å². The second kappa shape index (κ2) is 4.69. The van der Waals surface area contributed by atoms with Crippen molar-refractivity contribution < 1.29 is 27.8 Å². The molecule has 92 valence electrons. The van der Waals surface area contributed by atoms with E-state index in [0.717, 1.165) is 12.1 Å². The Bertz CT molecular complexity index is 453. The molecule has 2 N–H and O–H groups in total. The van der Waals surface area contributed by atoms with E-state index in [1.165, 1.54) is 6.07 Å². The van der Waals surface area contributed by atoms with Gasteiger partial charge in [0.1, 0.15) is 11.9 Å². The molecule has 0 amide bonds. The van der Waals surface area contributed by atoms with E-state index in [1.807, 2.05) is 0 Å². The van der Waals surface area contributed by atoms with Gasteiger partial charge in [-0.25, -0.2) is 4.39 Å². The van der Waals surface area contributed by atoms with Gasteiger partial charge < -0.3 is 10.2 Å². The number of rotatable bonds is 2. The minimum atomic E-state index is -5.02. The molecule has 0 aromatic heterocycles. The van der Waals surface area contributed by atoms with Gasteiger partial charge in [-0.3, -0.25) is 0 Å². The largest absolute Gasteiger partial charge is 0.419 e. The first-order chi connectivity index (χ1) is 7.79. The predicted octanol–water partition coefficient (Wildman–Crippen LogP) is 1.76. The fourth-order valence-electron chi connectivity index (χ4n) is 1.33. The van der Waals surface area contributed by atoms with E-state index in [9.17, 15) is 22.7 Å². The number of aliphatic hydroxyl groups excluding tert-OH is 2. The van der Waals surface area contributed by atoms with Crippen molar-refractivity contribution >= 4 is 0 Å². The van der Waals surface area contributed by atoms with Crippen molar-refractivity contribution in [3.63, 3.8) is 0 Å². The topological polar surface area (TPSA) is 64.2 Å². The van der Waals surface area contributed by atoms with Crippen LogP contribution in [0.4, 0.5) is 17.6 Å². The molecule has 1 rings (SSSR count). The molecule has 17 heavy (non-hydrogen) atoms. The Balaban J connectivity index is 3.35. The van der Waals surface area contributed by atoms with Crippen molar-refractivity contribution in [2.45, 2.75) is 18.4 Å². The normalized spacial score (nSPS) is 15.1. The van der Waals surface area contributed by atoms with Crippen LogP contribution in [0.1, 0.15) is 17.2 Å². The molecule has 2 atom stereocenters. The molecule has 0 spiro atoms. The average Bonchev–Trinajstić information content (AvgIpc) is 2.24. The number of hydrogen-bond donors (Lipinski definition) is 2. The molecule has 7 heteroatoms. The van der Waals surface area contributed by atoms with Crippen LogP contribution < -0.4 is 0 Å². The van der Waals surface area contributed by atoms with Crippen LogP contribution in [0, 0.1) is 17.1 Å². The van der Waals surface area contributed by atoms with Crippen molar-refractivity contribution in [3.05, 3.63) is 35.1 Å². The number of benzene rings is 1. The van der Waals surface area contributed by atoms with Gasteiger partial charge in [-0.1, -0.05) is 12.1 Å². The number of halogens is 4. The molecule has 0 radical (unpaired) electrons. The molecule has 3 nitrogen and oxygen atoms in total. The third-order valence-electron chi connectivity index (χ3n) is 2.08. The number of aliphatic hydroxyl groups is 2. The lowest BCUT2D eigenvalue weighted by Crippen LogP contribution is -2.21. The van der Waals surface area contributed by atoms with Crippen LogP contribution in [0.2, 0.25) is 0 Å². The molecule has 0 saturated carbocycles. The molecule has 0 saturated heterocycles. The van der Waals surface area contributed by atoms with Gasteiger partial charge in [0, 0.05) is 0 Å². The second-order valence-corrected chi connectivity index (χ2v) is 3.22. The van der Waals surface area contributed by atoms with Crippen LogP contribution in [0.5, 0.6) is 0 Å². The first-order valence-electron chi connectivity index (χ1n) is 4.40. The van der Waals surface area contributed by atoms with Gasteiger partial charge in [0.2, 0.25) is 0 Å². The maximum Gasteiger partial charge on any atom is 0.419 e. The van der Waals surface area contributed by atoms with E-state index in [-0.39, 0.29) is 0 Å². The van der Waals surface area contributed by atoms with Crippen LogP contribution in [0.15, 0.2) is 18.2 Å². The van der Waals surface area contributed by atoms with Crippen molar-refractivity contribution in [2.24, 2.45) is 0 Å². The van der Waals surface area contributed by atoms with Crippen molar-refractivity contribution in [2.75, 3.05) is 0 Å². The van der Waals surface area contributed by atoms with Gasteiger partial charge in [0.05, 0.1) is 11.6 Å². The van der Waals surface area contributed by atoms with E-state index in [0.29, 0.717) is 6.07 Å². The highest BCUT2D eigenvalue weighted by atomic mass is 19.4. The molecule has 0 aliphatic carbocycles. The Labute approximate surface area is 93.5 Å². The smallest absolute Gasteiger partial charge is 0.385 e. The molecule has 0 bridgehead atoms. The lowest BCUT2D eigenvalue weighted by atomic mass is 9.98. The molecule has 0 aliphatic rings. The van der Waals surface area contributed by atoms with E-state index in [2.05, 4.69) is 0 Å². The zero-order valence-corrected chi connectivity index (χ0v) is 8.24. The van der Waals surface area contributed by atoms with Crippen LogP contribution >= 0.6 is 0 Å². The zero-order chi connectivity index (χ0) is 13.2. The SMILES string of the molecule is N#CC(O)C(O)c1cccc(F)c1C(F)(F)F. The summed E-state index contributed by atoms with van der Waals surface area (Å²) in [5, 5.41) is 26.6. The Kier molecular flexibility index (Phi) is 3.70. The summed E-state index contributed by atoms with van der Waals surface area (Å²) in [5.74, 6) is -1.57. The minimum Gasteiger partial charge on any atom is -0.385 e. The number of alkyl halides is 3. The Hall–Kier alpha value is -1.65. The zero-order valence-electron chi connectivity index (χ0n) is 8.24. The fourth-order valence-corrected chi connectivity index (χ4v) is 1.33. The van der Waals surface area contributed by atoms with E-state index < -0.39 is 35.3 Å². The lowest BCUT2D eigenvalue weighted by molar-refractivity contribution is -0.142. The van der Waals surface area contributed by atoms with Crippen LogP contribution in [0.25, 0.3) is 0 Å². The summed E-state index contributed by atoms with van der Waals surface area (Å²) in [5.41, 5.74) is -2.55. The number of hydrogen-bond acceptors (Lipinski definition) is 3. The fraction of sp³-hybridized carbons (Fsp3) is 0.300. The van der Waals surface area contributed by atoms with E-state index in [4.69, 9.17) is 10.4 Å². The summed E-state index contributed by atoms with van der Waals surface area (Å²) in [6, 6.07) is 3.51. The lowest BCUT2D eigenvalue weighted by Gasteiger charge is -2.18. The third kappa shape index (κ3) is 2.72. The standard InChI is InChI=1S/C10H7F4NO2/c11-6-3-1-2-5(8(6)10(12,13)14)9(17)7(16)4-15/h1-3,7,9,16-17H. The summed E-state index contributed by atoms with van der Waals surface area (Å²) in [4.78, 5) is 0. The highest BCUT2D eigenvalue weighted by Crippen LogP contribution is 2.37. The first kappa shape index (κ1) is 13.4. The predicted molar refractivity (Wildman–Crippen MR) is 48.0 cm³/mol. The Morgan fingerprint density at radius 3 is 2.29 bits per heavy atom. The monoisotopic (exact) mass is 249 g/mol. The summed E-state index contributed by atoms with van der Waals surface area (Å²) < 4.78 is 50.6. The van der Waals surface area contributed by atoms with Gasteiger partial charge >= 0.3 is 6.18 Å². The van der Waals surface area contributed by atoms with E-state index in [1.54, 1.807) is 0 Å². The third-order valence-corrected chi connectivity index (χ3v) is 2.08. The summed E-state index contributed by atoms with van der Waals surface area (Å²) in [7, 11) is 0. The van der Waals surface area contributed by atoms with Gasteiger partial charge in [-0.15, -0.1) is 0 Å². The highest BCUT2D eigenvalue weighted by molar-refractivity contribution is 5.34. The summed E-state index contributed by atoms with van der Waals surface area (Å²) in [6.45, 7) is 0. The van der Waals surface area contributed by atoms with Crippen molar-refractivity contribution in [1.29, 1.82) is 5.26 Å². The number of nitrogens with zero attached hydrogens (tertiary/aromatic N) is 1. The van der Waals surface area contributed by atoms with Gasteiger partial charge in [0.15, 0.2) is 6.10 Å². The Morgan fingerprint density at radius 1 is 1.24 bits per heavy atom. The average molecular weight is 249 g/mol. The number of nitriles is 1. The molecule has 2 unspecified atom stereocenters. The van der Waals surface area contributed by atoms with E-state index >= 15 is 0 Å². The first-order valence-corrected chi connectivity index (χ1v) is 4.40. The minimum absolute atomic E-state index is 0.581. The highest BCUT2D eigenvalue weighted by Gasteiger charge is 2.39. The molecule has 0 heterocycles. The quantitative estimate of drug-likeness (QED) is 0.620. The summed E-state index contributed by atoms with van der Waals surface area (Å²) in [6.07, 6.45) is -9.19. The van der Waals surface area contributed by atoms with Crippen molar-refractivity contribution in [3.8, 4) is 6.07 Å². The Morgan fingerprint density at radius 2 is 1.82 bits per heavy atom. The summed E-state index contributed by atoms with van der Waals surface area (Å²) >= 11 is 0. The molecule has 1 aromatic carbocycles. The molecule has 0 aliphatic heterocycles. The van der Waals surface area contributed by atoms with Crippen LogP contribution in [-0.2, 0) is 6.18 Å². The molecule has 1 aromatic rings. The maximum atomic E-state index is 13.1. The molecular formula is C10H7F4NO2. The molecule has 0 fully saturated rings. The van der Waals surface area contributed by atoms with Crippen molar-refractivity contribution in [1.82, 2.24) is 0 Å².